The van der Waals surface area contributed by atoms with Crippen LogP contribution in [0.4, 0.5) is 5.69 Å². The van der Waals surface area contributed by atoms with Gasteiger partial charge in [-0.15, -0.1) is 0 Å². The van der Waals surface area contributed by atoms with Crippen molar-refractivity contribution in [2.24, 2.45) is 0 Å². The van der Waals surface area contributed by atoms with Gasteiger partial charge in [-0.05, 0) is 52.3 Å². The van der Waals surface area contributed by atoms with Gasteiger partial charge in [-0.2, -0.15) is 0 Å². The summed E-state index contributed by atoms with van der Waals surface area (Å²) >= 11 is 12.8. The number of nitrogens with one attached hydrogen (secondary N) is 1. The van der Waals surface area contributed by atoms with E-state index in [1.54, 1.807) is 0 Å². The lowest BCUT2D eigenvalue weighted by Gasteiger charge is -2.09. The first kappa shape index (κ1) is 14.7. The molecule has 0 saturated heterocycles. The highest BCUT2D eigenvalue weighted by Gasteiger charge is 1.99. The summed E-state index contributed by atoms with van der Waals surface area (Å²) in [6.07, 6.45) is 0. The Kier molecular flexibility index (Phi) is 5.55. The van der Waals surface area contributed by atoms with Crippen LogP contribution in [0.3, 0.4) is 0 Å². The van der Waals surface area contributed by atoms with Gasteiger partial charge in [0.2, 0.25) is 0 Å². The van der Waals surface area contributed by atoms with Crippen molar-refractivity contribution in [2.45, 2.75) is 0 Å². The Labute approximate surface area is 134 Å². The predicted molar refractivity (Wildman–Crippen MR) is 87.3 cm³/mol. The van der Waals surface area contributed by atoms with E-state index in [-0.39, 0.29) is 0 Å². The molecular weight excluding hydrogens is 393 g/mol. The fourth-order valence-electron chi connectivity index (χ4n) is 1.53. The van der Waals surface area contributed by atoms with Crippen molar-refractivity contribution in [1.29, 1.82) is 0 Å². The molecule has 2 aromatic rings. The molecule has 0 saturated carbocycles. The Morgan fingerprint density at radius 2 is 1.95 bits per heavy atom. The predicted octanol–water partition coefficient (Wildman–Crippen LogP) is 5.36. The van der Waals surface area contributed by atoms with Gasteiger partial charge in [0.25, 0.3) is 0 Å². The fraction of sp³-hybridized carbons (Fsp3) is 0.143. The molecule has 0 aromatic heterocycles. The number of anilines is 1. The van der Waals surface area contributed by atoms with Crippen LogP contribution in [0.1, 0.15) is 0 Å². The molecule has 0 aliphatic rings. The van der Waals surface area contributed by atoms with Gasteiger partial charge in [-0.3, -0.25) is 0 Å². The maximum absolute atomic E-state index is 6.02. The summed E-state index contributed by atoms with van der Waals surface area (Å²) in [6.45, 7) is 1.30. The van der Waals surface area contributed by atoms with E-state index in [2.05, 4.69) is 37.2 Å². The zero-order chi connectivity index (χ0) is 13.7. The molecule has 5 heteroatoms. The van der Waals surface area contributed by atoms with Crippen LogP contribution in [0.25, 0.3) is 0 Å². The molecule has 0 amide bonds. The van der Waals surface area contributed by atoms with Gasteiger partial charge in [-0.1, -0.05) is 33.6 Å². The summed E-state index contributed by atoms with van der Waals surface area (Å²) in [5.74, 6) is 0.852. The Bertz CT molecular complexity index is 563. The van der Waals surface area contributed by atoms with Crippen molar-refractivity contribution in [3.63, 3.8) is 0 Å². The summed E-state index contributed by atoms with van der Waals surface area (Å²) in [6, 6.07) is 13.5. The fourth-order valence-corrected chi connectivity index (χ4v) is 2.33. The van der Waals surface area contributed by atoms with Gasteiger partial charge in [0.05, 0.1) is 5.02 Å². The number of benzene rings is 2. The Morgan fingerprint density at radius 1 is 1.11 bits per heavy atom. The first-order valence-corrected chi connectivity index (χ1v) is 7.69. The molecule has 0 unspecified atom stereocenters. The molecule has 2 aromatic carbocycles. The van der Waals surface area contributed by atoms with E-state index in [0.29, 0.717) is 18.2 Å². The lowest BCUT2D eigenvalue weighted by molar-refractivity contribution is 0.332. The zero-order valence-corrected chi connectivity index (χ0v) is 13.9. The highest BCUT2D eigenvalue weighted by molar-refractivity contribution is 9.10. The quantitative estimate of drug-likeness (QED) is 0.677. The van der Waals surface area contributed by atoms with E-state index in [1.807, 2.05) is 42.5 Å². The first-order valence-electron chi connectivity index (χ1n) is 5.72. The normalized spacial score (nSPS) is 10.3. The van der Waals surface area contributed by atoms with Crippen molar-refractivity contribution >= 4 is 49.1 Å². The summed E-state index contributed by atoms with van der Waals surface area (Å²) in [5, 5.41) is 3.95. The second kappa shape index (κ2) is 7.17. The van der Waals surface area contributed by atoms with Crippen LogP contribution < -0.4 is 10.1 Å². The molecule has 0 fully saturated rings. The highest BCUT2D eigenvalue weighted by atomic mass is 79.9. The van der Waals surface area contributed by atoms with Crippen LogP contribution in [0.2, 0.25) is 5.02 Å². The van der Waals surface area contributed by atoms with Crippen molar-refractivity contribution < 1.29 is 4.74 Å². The van der Waals surface area contributed by atoms with Gasteiger partial charge in [-0.25, -0.2) is 0 Å². The number of rotatable bonds is 5. The number of hydrogen-bond donors (Lipinski definition) is 1. The molecule has 0 aliphatic heterocycles. The molecule has 100 valence electrons. The number of hydrogen-bond acceptors (Lipinski definition) is 2. The molecular formula is C14H12Br2ClNO. The van der Waals surface area contributed by atoms with Crippen LogP contribution in [0.5, 0.6) is 5.75 Å². The zero-order valence-electron chi connectivity index (χ0n) is 10.00. The number of halogens is 3. The van der Waals surface area contributed by atoms with E-state index >= 15 is 0 Å². The summed E-state index contributed by atoms with van der Waals surface area (Å²) in [7, 11) is 0. The van der Waals surface area contributed by atoms with Crippen molar-refractivity contribution in [3.05, 3.63) is 56.4 Å². The molecule has 0 radical (unpaired) electrons. The molecule has 2 nitrogen and oxygen atoms in total. The summed E-state index contributed by atoms with van der Waals surface area (Å²) < 4.78 is 7.53. The Hall–Kier alpha value is -0.710. The van der Waals surface area contributed by atoms with E-state index < -0.39 is 0 Å². The van der Waals surface area contributed by atoms with Gasteiger partial charge in [0.1, 0.15) is 12.4 Å². The molecule has 0 aliphatic carbocycles. The molecule has 2 rings (SSSR count). The average Bonchev–Trinajstić information content (AvgIpc) is 2.39. The lowest BCUT2D eigenvalue weighted by atomic mass is 10.3. The van der Waals surface area contributed by atoms with Crippen molar-refractivity contribution in [3.8, 4) is 5.75 Å². The molecule has 19 heavy (non-hydrogen) atoms. The van der Waals surface area contributed by atoms with Crippen molar-refractivity contribution in [2.75, 3.05) is 18.5 Å². The summed E-state index contributed by atoms with van der Waals surface area (Å²) in [4.78, 5) is 0. The maximum atomic E-state index is 6.02. The van der Waals surface area contributed by atoms with Crippen LogP contribution in [-0.2, 0) is 0 Å². The summed E-state index contributed by atoms with van der Waals surface area (Å²) in [5.41, 5.74) is 0.978. The van der Waals surface area contributed by atoms with Gasteiger partial charge in [0.15, 0.2) is 0 Å². The van der Waals surface area contributed by atoms with E-state index in [1.165, 1.54) is 0 Å². The van der Waals surface area contributed by atoms with E-state index in [0.717, 1.165) is 20.4 Å². The molecule has 1 N–H and O–H groups in total. The smallest absolute Gasteiger partial charge is 0.120 e. The molecule has 0 heterocycles. The maximum Gasteiger partial charge on any atom is 0.120 e. The van der Waals surface area contributed by atoms with Crippen LogP contribution in [0.15, 0.2) is 51.4 Å². The second-order valence-corrected chi connectivity index (χ2v) is 6.04. The third-order valence-corrected chi connectivity index (χ3v) is 4.14. The SMILES string of the molecule is Clc1cc(NCCOc2cccc(Br)c2)ccc1Br. The minimum absolute atomic E-state index is 0.587. The van der Waals surface area contributed by atoms with E-state index in [9.17, 15) is 0 Å². The number of ether oxygens (including phenoxy) is 1. The molecule has 0 atom stereocenters. The van der Waals surface area contributed by atoms with Gasteiger partial charge in [0, 0.05) is 21.2 Å². The Morgan fingerprint density at radius 3 is 2.68 bits per heavy atom. The van der Waals surface area contributed by atoms with Crippen LogP contribution >= 0.6 is 43.5 Å². The van der Waals surface area contributed by atoms with Gasteiger partial charge < -0.3 is 10.1 Å². The topological polar surface area (TPSA) is 21.3 Å². The third kappa shape index (κ3) is 4.71. The minimum atomic E-state index is 0.587. The minimum Gasteiger partial charge on any atom is -0.492 e. The lowest BCUT2D eigenvalue weighted by Crippen LogP contribution is -2.11. The molecule has 0 bridgehead atoms. The second-order valence-electron chi connectivity index (χ2n) is 3.86. The highest BCUT2D eigenvalue weighted by Crippen LogP contribution is 2.25. The van der Waals surface area contributed by atoms with Crippen molar-refractivity contribution in [1.82, 2.24) is 0 Å². The van der Waals surface area contributed by atoms with Crippen LogP contribution in [0, 0.1) is 0 Å². The average molecular weight is 406 g/mol. The monoisotopic (exact) mass is 403 g/mol. The molecule has 0 spiro atoms. The third-order valence-electron chi connectivity index (χ3n) is 2.42. The van der Waals surface area contributed by atoms with Gasteiger partial charge >= 0.3 is 0 Å². The van der Waals surface area contributed by atoms with E-state index in [4.69, 9.17) is 16.3 Å². The first-order chi connectivity index (χ1) is 9.15. The van der Waals surface area contributed by atoms with Crippen LogP contribution in [-0.4, -0.2) is 13.2 Å². The largest absolute Gasteiger partial charge is 0.492 e. The standard InChI is InChI=1S/C14H12Br2ClNO/c15-10-2-1-3-12(8-10)19-7-6-18-11-4-5-13(16)14(17)9-11/h1-5,8-9,18H,6-7H2. The Balaban J connectivity index is 1.79.